The predicted octanol–water partition coefficient (Wildman–Crippen LogP) is -0.0647. The summed E-state index contributed by atoms with van der Waals surface area (Å²) < 4.78 is 0. The number of nitrogens with one attached hydrogen (secondary N) is 4. The SMILES string of the molecule is NC(Cc1ccccc1)C(=O)NCC(=O)NC(Cc1cnc[nH]1)C(=O)NC(Cc1ccccc1)C(=O)O. The molecule has 0 bridgehead atoms. The third-order valence-corrected chi connectivity index (χ3v) is 5.59. The molecular formula is C26H30N6O5. The molecule has 11 heteroatoms. The van der Waals surface area contributed by atoms with Crippen LogP contribution >= 0.6 is 0 Å². The molecule has 3 amide bonds. The molecular weight excluding hydrogens is 476 g/mol. The van der Waals surface area contributed by atoms with Gasteiger partial charge in [0.1, 0.15) is 12.1 Å². The molecule has 0 spiro atoms. The maximum Gasteiger partial charge on any atom is 0.326 e. The number of nitrogens with zero attached hydrogens (tertiary/aromatic N) is 1. The summed E-state index contributed by atoms with van der Waals surface area (Å²) in [5, 5.41) is 17.2. The number of carboxylic acid groups (broad SMARTS) is 1. The van der Waals surface area contributed by atoms with Crippen molar-refractivity contribution in [1.82, 2.24) is 25.9 Å². The molecule has 3 atom stereocenters. The number of hydrogen-bond acceptors (Lipinski definition) is 6. The van der Waals surface area contributed by atoms with Gasteiger partial charge in [0.2, 0.25) is 17.7 Å². The second kappa shape index (κ2) is 13.5. The number of carboxylic acids is 1. The maximum atomic E-state index is 13.0. The van der Waals surface area contributed by atoms with Crippen molar-refractivity contribution in [2.45, 2.75) is 37.4 Å². The number of nitrogens with two attached hydrogens (primary N) is 1. The number of benzene rings is 2. The van der Waals surface area contributed by atoms with Crippen LogP contribution in [0.2, 0.25) is 0 Å². The Balaban J connectivity index is 1.59. The first-order valence-corrected chi connectivity index (χ1v) is 11.7. The number of amides is 3. The van der Waals surface area contributed by atoms with Gasteiger partial charge in [0.25, 0.3) is 0 Å². The zero-order valence-electron chi connectivity index (χ0n) is 20.1. The van der Waals surface area contributed by atoms with Gasteiger partial charge in [-0.1, -0.05) is 60.7 Å². The lowest BCUT2D eigenvalue weighted by Crippen LogP contribution is -2.55. The van der Waals surface area contributed by atoms with Crippen LogP contribution in [0.1, 0.15) is 16.8 Å². The van der Waals surface area contributed by atoms with E-state index in [1.807, 2.05) is 30.3 Å². The number of aromatic nitrogens is 2. The van der Waals surface area contributed by atoms with Crippen LogP contribution < -0.4 is 21.7 Å². The smallest absolute Gasteiger partial charge is 0.326 e. The molecule has 3 rings (SSSR count). The van der Waals surface area contributed by atoms with Gasteiger partial charge in [0.15, 0.2) is 0 Å². The summed E-state index contributed by atoms with van der Waals surface area (Å²) in [4.78, 5) is 56.5. The molecule has 7 N–H and O–H groups in total. The Morgan fingerprint density at radius 1 is 0.838 bits per heavy atom. The summed E-state index contributed by atoms with van der Waals surface area (Å²) in [6.07, 6.45) is 3.33. The highest BCUT2D eigenvalue weighted by molar-refractivity contribution is 5.92. The summed E-state index contributed by atoms with van der Waals surface area (Å²) in [7, 11) is 0. The second-order valence-corrected chi connectivity index (χ2v) is 8.50. The van der Waals surface area contributed by atoms with Crippen LogP contribution in [0.3, 0.4) is 0 Å². The molecule has 1 aromatic heterocycles. The number of rotatable bonds is 13. The Labute approximate surface area is 213 Å². The number of carbonyl (C=O) groups is 4. The second-order valence-electron chi connectivity index (χ2n) is 8.50. The normalized spacial score (nSPS) is 13.1. The molecule has 0 aliphatic heterocycles. The number of aromatic amines is 1. The number of imidazole rings is 1. The number of carbonyl (C=O) groups excluding carboxylic acids is 3. The first-order valence-electron chi connectivity index (χ1n) is 11.7. The van der Waals surface area contributed by atoms with Crippen molar-refractivity contribution in [1.29, 1.82) is 0 Å². The van der Waals surface area contributed by atoms with Gasteiger partial charge in [-0.3, -0.25) is 14.4 Å². The van der Waals surface area contributed by atoms with Crippen molar-refractivity contribution in [2.75, 3.05) is 6.54 Å². The highest BCUT2D eigenvalue weighted by Gasteiger charge is 2.27. The van der Waals surface area contributed by atoms with Gasteiger partial charge in [-0.15, -0.1) is 0 Å². The minimum Gasteiger partial charge on any atom is -0.480 e. The summed E-state index contributed by atoms with van der Waals surface area (Å²) in [5.41, 5.74) is 8.13. The molecule has 0 fully saturated rings. The number of hydrogen-bond donors (Lipinski definition) is 6. The third kappa shape index (κ3) is 8.89. The predicted molar refractivity (Wildman–Crippen MR) is 135 cm³/mol. The molecule has 1 heterocycles. The monoisotopic (exact) mass is 506 g/mol. The number of H-pyrrole nitrogens is 1. The van der Waals surface area contributed by atoms with E-state index in [0.29, 0.717) is 12.1 Å². The summed E-state index contributed by atoms with van der Waals surface area (Å²) in [6, 6.07) is 14.9. The molecule has 11 nitrogen and oxygen atoms in total. The number of aliphatic carboxylic acids is 1. The van der Waals surface area contributed by atoms with Crippen LogP contribution in [-0.4, -0.2) is 63.4 Å². The average molecular weight is 507 g/mol. The average Bonchev–Trinajstić information content (AvgIpc) is 3.40. The molecule has 3 aromatic rings. The van der Waals surface area contributed by atoms with E-state index in [4.69, 9.17) is 5.73 Å². The van der Waals surface area contributed by atoms with Crippen LogP contribution in [0.25, 0.3) is 0 Å². The standard InChI is InChI=1S/C26H30N6O5/c27-20(11-17-7-3-1-4-8-17)24(34)29-15-23(33)31-21(13-19-14-28-16-30-19)25(35)32-22(26(36)37)12-18-9-5-2-6-10-18/h1-10,14,16,20-22H,11-13,15,27H2,(H,28,30)(H,29,34)(H,31,33)(H,32,35)(H,36,37). The fourth-order valence-corrected chi connectivity index (χ4v) is 3.65. The van der Waals surface area contributed by atoms with Crippen molar-refractivity contribution < 1.29 is 24.3 Å². The zero-order chi connectivity index (χ0) is 26.6. The quantitative estimate of drug-likeness (QED) is 0.188. The van der Waals surface area contributed by atoms with E-state index in [1.54, 1.807) is 30.3 Å². The van der Waals surface area contributed by atoms with Gasteiger partial charge in [0.05, 0.1) is 18.9 Å². The van der Waals surface area contributed by atoms with Crippen LogP contribution in [0.4, 0.5) is 0 Å². The van der Waals surface area contributed by atoms with Crippen molar-refractivity contribution in [3.63, 3.8) is 0 Å². The third-order valence-electron chi connectivity index (χ3n) is 5.59. The molecule has 0 aliphatic carbocycles. The van der Waals surface area contributed by atoms with Crippen molar-refractivity contribution in [3.8, 4) is 0 Å². The fourth-order valence-electron chi connectivity index (χ4n) is 3.65. The largest absolute Gasteiger partial charge is 0.480 e. The fraction of sp³-hybridized carbons (Fsp3) is 0.269. The van der Waals surface area contributed by atoms with Gasteiger partial charge >= 0.3 is 5.97 Å². The summed E-state index contributed by atoms with van der Waals surface area (Å²) in [6.45, 7) is -0.402. The Morgan fingerprint density at radius 2 is 1.46 bits per heavy atom. The lowest BCUT2D eigenvalue weighted by Gasteiger charge is -2.21. The zero-order valence-corrected chi connectivity index (χ0v) is 20.1. The summed E-state index contributed by atoms with van der Waals surface area (Å²) in [5.74, 6) is -3.03. The van der Waals surface area contributed by atoms with Crippen molar-refractivity contribution in [2.24, 2.45) is 5.73 Å². The highest BCUT2D eigenvalue weighted by Crippen LogP contribution is 2.06. The molecule has 194 valence electrons. The molecule has 0 radical (unpaired) electrons. The van der Waals surface area contributed by atoms with Crippen LogP contribution in [0.15, 0.2) is 73.2 Å². The van der Waals surface area contributed by atoms with Crippen LogP contribution in [-0.2, 0) is 38.4 Å². The topological polar surface area (TPSA) is 179 Å². The van der Waals surface area contributed by atoms with Crippen LogP contribution in [0, 0.1) is 0 Å². The van der Waals surface area contributed by atoms with E-state index < -0.39 is 48.4 Å². The minimum atomic E-state index is -1.21. The van der Waals surface area contributed by atoms with Crippen molar-refractivity contribution >= 4 is 23.7 Å². The van der Waals surface area contributed by atoms with E-state index in [2.05, 4.69) is 25.9 Å². The van der Waals surface area contributed by atoms with E-state index in [1.165, 1.54) is 12.5 Å². The van der Waals surface area contributed by atoms with Crippen LogP contribution in [0.5, 0.6) is 0 Å². The molecule has 0 saturated heterocycles. The van der Waals surface area contributed by atoms with E-state index in [-0.39, 0.29) is 12.8 Å². The maximum absolute atomic E-state index is 13.0. The van der Waals surface area contributed by atoms with E-state index in [9.17, 15) is 24.3 Å². The van der Waals surface area contributed by atoms with Gasteiger partial charge < -0.3 is 31.8 Å². The Hall–Kier alpha value is -4.51. The molecule has 37 heavy (non-hydrogen) atoms. The summed E-state index contributed by atoms with van der Waals surface area (Å²) >= 11 is 0. The highest BCUT2D eigenvalue weighted by atomic mass is 16.4. The molecule has 2 aromatic carbocycles. The minimum absolute atomic E-state index is 0.0384. The Morgan fingerprint density at radius 3 is 2.03 bits per heavy atom. The lowest BCUT2D eigenvalue weighted by atomic mass is 10.0. The van der Waals surface area contributed by atoms with Gasteiger partial charge in [-0.25, -0.2) is 9.78 Å². The van der Waals surface area contributed by atoms with E-state index in [0.717, 1.165) is 11.1 Å². The van der Waals surface area contributed by atoms with Gasteiger partial charge in [-0.05, 0) is 17.5 Å². The Kier molecular flexibility index (Phi) is 9.91. The van der Waals surface area contributed by atoms with Crippen molar-refractivity contribution in [3.05, 3.63) is 90.0 Å². The Bertz CT molecular complexity index is 1170. The van der Waals surface area contributed by atoms with Gasteiger partial charge in [-0.2, -0.15) is 0 Å². The first kappa shape index (κ1) is 27.1. The lowest BCUT2D eigenvalue weighted by molar-refractivity contribution is -0.142. The van der Waals surface area contributed by atoms with Gasteiger partial charge in [0, 0.05) is 24.7 Å². The molecule has 0 saturated carbocycles. The first-order chi connectivity index (χ1) is 17.8. The van der Waals surface area contributed by atoms with E-state index >= 15 is 0 Å². The molecule has 0 aliphatic rings. The molecule has 3 unspecified atom stereocenters.